The molecular weight excluding hydrogens is 330 g/mol. The van der Waals surface area contributed by atoms with Crippen LogP contribution in [-0.4, -0.2) is 46.4 Å². The fourth-order valence-corrected chi connectivity index (χ4v) is 3.77. The minimum absolute atomic E-state index is 0.0635. The van der Waals surface area contributed by atoms with E-state index < -0.39 is 0 Å². The van der Waals surface area contributed by atoms with Crippen LogP contribution in [0, 0.1) is 6.92 Å². The summed E-state index contributed by atoms with van der Waals surface area (Å²) >= 11 is 0. The summed E-state index contributed by atoms with van der Waals surface area (Å²) in [5.74, 6) is 0.0635. The predicted molar refractivity (Wildman–Crippen MR) is 100 cm³/mol. The molecule has 1 saturated heterocycles. The Morgan fingerprint density at radius 3 is 2.58 bits per heavy atom. The van der Waals surface area contributed by atoms with E-state index >= 15 is 0 Å². The second kappa shape index (κ2) is 8.47. The molecule has 0 bridgehead atoms. The molecule has 3 rings (SSSR count). The molecule has 6 nitrogen and oxygen atoms in total. The smallest absolute Gasteiger partial charge is 0.259 e. The lowest BCUT2D eigenvalue weighted by molar-refractivity contribution is 0.178. The molecule has 2 aromatic heterocycles. The number of rotatable bonds is 6. The van der Waals surface area contributed by atoms with E-state index in [0.29, 0.717) is 18.7 Å². The zero-order chi connectivity index (χ0) is 18.5. The summed E-state index contributed by atoms with van der Waals surface area (Å²) in [5, 5.41) is 10.7. The Balaban J connectivity index is 2.13. The summed E-state index contributed by atoms with van der Waals surface area (Å²) in [6, 6.07) is 5.28. The highest BCUT2D eigenvalue weighted by Gasteiger charge is 2.29. The molecule has 1 N–H and O–H groups in total. The van der Waals surface area contributed by atoms with Crippen LogP contribution in [0.5, 0.6) is 5.75 Å². The van der Waals surface area contributed by atoms with Crippen LogP contribution in [0.2, 0.25) is 0 Å². The quantitative estimate of drug-likeness (QED) is 0.860. The number of piperidine rings is 1. The van der Waals surface area contributed by atoms with Gasteiger partial charge in [-0.25, -0.2) is 0 Å². The number of hydrogen-bond acceptors (Lipinski definition) is 5. The first-order valence-corrected chi connectivity index (χ1v) is 9.19. The number of ether oxygens (including phenoxy) is 1. The fraction of sp³-hybridized carbons (Fsp3) is 0.500. The average molecular weight is 357 g/mol. The molecule has 1 aliphatic rings. The van der Waals surface area contributed by atoms with Gasteiger partial charge in [-0.15, -0.1) is 0 Å². The van der Waals surface area contributed by atoms with Gasteiger partial charge in [0.2, 0.25) is 0 Å². The van der Waals surface area contributed by atoms with Crippen LogP contribution in [0.1, 0.15) is 42.1 Å². The zero-order valence-electron chi connectivity index (χ0n) is 15.5. The maximum absolute atomic E-state index is 13.3. The summed E-state index contributed by atoms with van der Waals surface area (Å²) in [5.41, 5.74) is 2.02. The van der Waals surface area contributed by atoms with Crippen LogP contribution in [-0.2, 0) is 11.3 Å². The second-order valence-electron chi connectivity index (χ2n) is 6.81. The van der Waals surface area contributed by atoms with Gasteiger partial charge in [0.15, 0.2) is 0 Å². The van der Waals surface area contributed by atoms with E-state index in [0.717, 1.165) is 37.2 Å². The molecule has 0 unspecified atom stereocenters. The monoisotopic (exact) mass is 357 g/mol. The SMILES string of the molecule is COCCn1c(C)cc(O)c([C@@H](c2ccncc2)N2CCCCC2)c1=O. The molecule has 0 saturated carbocycles. The van der Waals surface area contributed by atoms with E-state index in [1.807, 2.05) is 19.1 Å². The number of methoxy groups -OCH3 is 1. The summed E-state index contributed by atoms with van der Waals surface area (Å²) in [6.45, 7) is 4.59. The molecule has 0 spiro atoms. The maximum Gasteiger partial charge on any atom is 0.259 e. The van der Waals surface area contributed by atoms with Crippen molar-refractivity contribution in [3.63, 3.8) is 0 Å². The summed E-state index contributed by atoms with van der Waals surface area (Å²) in [4.78, 5) is 19.7. The lowest BCUT2D eigenvalue weighted by Crippen LogP contribution is -2.39. The Bertz CT molecular complexity index is 783. The molecule has 1 fully saturated rings. The van der Waals surface area contributed by atoms with Crippen molar-refractivity contribution in [3.8, 4) is 5.75 Å². The van der Waals surface area contributed by atoms with Crippen LogP contribution in [0.15, 0.2) is 35.4 Å². The normalized spacial score (nSPS) is 16.5. The molecule has 26 heavy (non-hydrogen) atoms. The van der Waals surface area contributed by atoms with Gasteiger partial charge in [0.05, 0.1) is 18.2 Å². The van der Waals surface area contributed by atoms with Crippen molar-refractivity contribution in [3.05, 3.63) is 57.8 Å². The van der Waals surface area contributed by atoms with Gasteiger partial charge in [0.1, 0.15) is 5.75 Å². The molecule has 3 heterocycles. The van der Waals surface area contributed by atoms with Gasteiger partial charge in [0.25, 0.3) is 5.56 Å². The third kappa shape index (κ3) is 3.81. The van der Waals surface area contributed by atoms with Crippen LogP contribution >= 0.6 is 0 Å². The molecule has 6 heteroatoms. The maximum atomic E-state index is 13.3. The van der Waals surface area contributed by atoms with Crippen molar-refractivity contribution in [2.45, 2.75) is 38.8 Å². The number of nitrogens with zero attached hydrogens (tertiary/aromatic N) is 3. The van der Waals surface area contributed by atoms with Crippen LogP contribution in [0.25, 0.3) is 0 Å². The molecule has 0 aromatic carbocycles. The molecule has 2 aromatic rings. The highest BCUT2D eigenvalue weighted by Crippen LogP contribution is 2.34. The topological polar surface area (TPSA) is 67.6 Å². The molecule has 1 aliphatic heterocycles. The van der Waals surface area contributed by atoms with E-state index in [2.05, 4.69) is 9.88 Å². The van der Waals surface area contributed by atoms with Gasteiger partial charge >= 0.3 is 0 Å². The number of aryl methyl sites for hydroxylation is 1. The van der Waals surface area contributed by atoms with Crippen LogP contribution in [0.3, 0.4) is 0 Å². The molecule has 1 atom stereocenters. The minimum Gasteiger partial charge on any atom is -0.507 e. The fourth-order valence-electron chi connectivity index (χ4n) is 3.77. The minimum atomic E-state index is -0.264. The number of hydrogen-bond donors (Lipinski definition) is 1. The third-order valence-corrected chi connectivity index (χ3v) is 5.09. The Labute approximate surface area is 154 Å². The van der Waals surface area contributed by atoms with Crippen molar-refractivity contribution < 1.29 is 9.84 Å². The molecule has 0 radical (unpaired) electrons. The van der Waals surface area contributed by atoms with E-state index in [4.69, 9.17) is 4.74 Å². The Morgan fingerprint density at radius 2 is 1.92 bits per heavy atom. The van der Waals surface area contributed by atoms with Gasteiger partial charge in [-0.05, 0) is 56.6 Å². The number of aromatic nitrogens is 2. The number of aromatic hydroxyl groups is 1. The van der Waals surface area contributed by atoms with Crippen molar-refractivity contribution in [1.82, 2.24) is 14.5 Å². The van der Waals surface area contributed by atoms with Crippen LogP contribution in [0.4, 0.5) is 0 Å². The Kier molecular flexibility index (Phi) is 6.06. The lowest BCUT2D eigenvalue weighted by atomic mass is 9.95. The first kappa shape index (κ1) is 18.6. The van der Waals surface area contributed by atoms with Crippen molar-refractivity contribution in [2.75, 3.05) is 26.8 Å². The number of pyridine rings is 2. The predicted octanol–water partition coefficient (Wildman–Crippen LogP) is 2.48. The van der Waals surface area contributed by atoms with Crippen LogP contribution < -0.4 is 5.56 Å². The van der Waals surface area contributed by atoms with Crippen molar-refractivity contribution >= 4 is 0 Å². The van der Waals surface area contributed by atoms with E-state index in [1.165, 1.54) is 6.42 Å². The first-order valence-electron chi connectivity index (χ1n) is 9.19. The number of likely N-dealkylation sites (tertiary alicyclic amines) is 1. The van der Waals surface area contributed by atoms with Gasteiger partial charge in [-0.1, -0.05) is 6.42 Å². The van der Waals surface area contributed by atoms with Gasteiger partial charge in [-0.2, -0.15) is 0 Å². The third-order valence-electron chi connectivity index (χ3n) is 5.09. The highest BCUT2D eigenvalue weighted by molar-refractivity contribution is 5.40. The van der Waals surface area contributed by atoms with E-state index in [1.54, 1.807) is 30.1 Å². The Hall–Kier alpha value is -2.18. The molecule has 0 amide bonds. The zero-order valence-corrected chi connectivity index (χ0v) is 15.5. The largest absolute Gasteiger partial charge is 0.507 e. The Morgan fingerprint density at radius 1 is 1.23 bits per heavy atom. The van der Waals surface area contributed by atoms with Crippen molar-refractivity contribution in [2.24, 2.45) is 0 Å². The first-order chi connectivity index (χ1) is 12.6. The second-order valence-corrected chi connectivity index (χ2v) is 6.81. The lowest BCUT2D eigenvalue weighted by Gasteiger charge is -2.35. The average Bonchev–Trinajstić information content (AvgIpc) is 2.66. The van der Waals surface area contributed by atoms with Gasteiger partial charge in [-0.3, -0.25) is 14.7 Å². The molecule has 140 valence electrons. The highest BCUT2D eigenvalue weighted by atomic mass is 16.5. The van der Waals surface area contributed by atoms with E-state index in [-0.39, 0.29) is 17.4 Å². The van der Waals surface area contributed by atoms with E-state index in [9.17, 15) is 9.90 Å². The molecular formula is C20H27N3O3. The molecule has 0 aliphatic carbocycles. The standard InChI is InChI=1S/C20H27N3O3/c1-15-14-17(24)18(20(25)23(15)12-13-26-2)19(16-6-8-21-9-7-16)22-10-4-3-5-11-22/h6-9,14,19,24H,3-5,10-13H2,1-2H3/t19-/m1/s1. The van der Waals surface area contributed by atoms with Gasteiger partial charge < -0.3 is 14.4 Å². The summed E-state index contributed by atoms with van der Waals surface area (Å²) in [7, 11) is 1.62. The van der Waals surface area contributed by atoms with Crippen molar-refractivity contribution in [1.29, 1.82) is 0 Å². The summed E-state index contributed by atoms with van der Waals surface area (Å²) < 4.78 is 6.84. The van der Waals surface area contributed by atoms with Gasteiger partial charge in [0, 0.05) is 31.7 Å². The summed E-state index contributed by atoms with van der Waals surface area (Å²) in [6.07, 6.45) is 6.89.